The Hall–Kier alpha value is -3.04. The Morgan fingerprint density at radius 3 is 2.72 bits per heavy atom. The molecule has 2 aromatic rings. The summed E-state index contributed by atoms with van der Waals surface area (Å²) in [6.07, 6.45) is -3.89. The number of halogens is 3. The third kappa shape index (κ3) is 2.85. The van der Waals surface area contributed by atoms with Crippen molar-refractivity contribution in [3.63, 3.8) is 0 Å². The fraction of sp³-hybridized carbons (Fsp3) is 0.421. The van der Waals surface area contributed by atoms with Gasteiger partial charge in [0.15, 0.2) is 17.3 Å². The fourth-order valence-corrected chi connectivity index (χ4v) is 4.12. The molecular formula is C19H17F3N4O3. The first-order chi connectivity index (χ1) is 13.6. The van der Waals surface area contributed by atoms with Crippen LogP contribution in [0.1, 0.15) is 44.1 Å². The lowest BCUT2D eigenvalue weighted by Gasteiger charge is -2.38. The van der Waals surface area contributed by atoms with E-state index in [0.29, 0.717) is 41.2 Å². The lowest BCUT2D eigenvalue weighted by Crippen LogP contribution is -2.36. The molecule has 29 heavy (non-hydrogen) atoms. The first-order valence-electron chi connectivity index (χ1n) is 9.09. The quantitative estimate of drug-likeness (QED) is 0.779. The zero-order valence-corrected chi connectivity index (χ0v) is 15.6. The molecule has 2 aliphatic heterocycles. The number of carbonyl (C=O) groups is 1. The SMILES string of the molecule is CC1(C)CC(=O)C2=C(C1)Nc1nc(C(F)(F)F)nn1C2c1ccc2c(c1)OCO2. The maximum atomic E-state index is 13.3. The molecule has 1 atom stereocenters. The highest BCUT2D eigenvalue weighted by Gasteiger charge is 2.45. The number of allylic oxidation sites excluding steroid dienone is 2. The summed E-state index contributed by atoms with van der Waals surface area (Å²) in [5.41, 5.74) is 1.27. The molecule has 0 amide bonds. The Labute approximate surface area is 163 Å². The zero-order chi connectivity index (χ0) is 20.6. The van der Waals surface area contributed by atoms with Crippen LogP contribution in [0.5, 0.6) is 11.5 Å². The van der Waals surface area contributed by atoms with Crippen molar-refractivity contribution in [1.29, 1.82) is 0 Å². The van der Waals surface area contributed by atoms with Gasteiger partial charge in [-0.2, -0.15) is 18.2 Å². The molecular weight excluding hydrogens is 389 g/mol. The van der Waals surface area contributed by atoms with Crippen molar-refractivity contribution in [3.05, 3.63) is 40.9 Å². The summed E-state index contributed by atoms with van der Waals surface area (Å²) in [7, 11) is 0. The Morgan fingerprint density at radius 2 is 1.97 bits per heavy atom. The number of anilines is 1. The van der Waals surface area contributed by atoms with E-state index in [0.717, 1.165) is 4.68 Å². The summed E-state index contributed by atoms with van der Waals surface area (Å²) >= 11 is 0. The predicted molar refractivity (Wildman–Crippen MR) is 94.4 cm³/mol. The highest BCUT2D eigenvalue weighted by atomic mass is 19.4. The molecule has 3 heterocycles. The van der Waals surface area contributed by atoms with E-state index in [1.54, 1.807) is 18.2 Å². The van der Waals surface area contributed by atoms with E-state index in [1.165, 1.54) is 0 Å². The zero-order valence-electron chi connectivity index (χ0n) is 15.6. The lowest BCUT2D eigenvalue weighted by molar-refractivity contribution is -0.145. The number of aromatic nitrogens is 3. The summed E-state index contributed by atoms with van der Waals surface area (Å²) in [5, 5.41) is 6.62. The van der Waals surface area contributed by atoms with Gasteiger partial charge in [-0.1, -0.05) is 19.9 Å². The lowest BCUT2D eigenvalue weighted by atomic mass is 9.73. The van der Waals surface area contributed by atoms with Crippen molar-refractivity contribution in [2.75, 3.05) is 12.1 Å². The van der Waals surface area contributed by atoms with Gasteiger partial charge in [0, 0.05) is 17.7 Å². The number of Topliss-reactive ketones (excluding diaryl/α,β-unsaturated/α-hetero) is 1. The molecule has 0 fully saturated rings. The van der Waals surface area contributed by atoms with Crippen LogP contribution in [0.2, 0.25) is 0 Å². The van der Waals surface area contributed by atoms with Crippen molar-refractivity contribution < 1.29 is 27.4 Å². The van der Waals surface area contributed by atoms with E-state index in [1.807, 2.05) is 13.8 Å². The number of hydrogen-bond donors (Lipinski definition) is 1. The average molecular weight is 406 g/mol. The number of nitrogens with one attached hydrogen (secondary N) is 1. The number of carbonyl (C=O) groups excluding carboxylic acids is 1. The van der Waals surface area contributed by atoms with Crippen LogP contribution < -0.4 is 14.8 Å². The molecule has 5 rings (SSSR count). The van der Waals surface area contributed by atoms with Gasteiger partial charge < -0.3 is 14.8 Å². The van der Waals surface area contributed by atoms with Gasteiger partial charge in [0.25, 0.3) is 5.82 Å². The van der Waals surface area contributed by atoms with Crippen LogP contribution in [-0.2, 0) is 11.0 Å². The molecule has 1 aromatic heterocycles. The number of ether oxygens (including phenoxy) is 2. The van der Waals surface area contributed by atoms with E-state index in [2.05, 4.69) is 15.4 Å². The molecule has 10 heteroatoms. The number of benzene rings is 1. The molecule has 152 valence electrons. The normalized spacial score (nSPS) is 22.2. The summed E-state index contributed by atoms with van der Waals surface area (Å²) in [5.74, 6) is -0.394. The molecule has 1 unspecified atom stereocenters. The molecule has 7 nitrogen and oxygen atoms in total. The summed E-state index contributed by atoms with van der Waals surface area (Å²) in [4.78, 5) is 16.7. The minimum absolute atomic E-state index is 0.0377. The van der Waals surface area contributed by atoms with Gasteiger partial charge in [-0.25, -0.2) is 4.68 Å². The van der Waals surface area contributed by atoms with Gasteiger partial charge in [0.1, 0.15) is 6.04 Å². The third-order valence-electron chi connectivity index (χ3n) is 5.30. The molecule has 0 spiro atoms. The number of hydrogen-bond acceptors (Lipinski definition) is 6. The van der Waals surface area contributed by atoms with Gasteiger partial charge in [-0.05, 0) is 29.5 Å². The van der Waals surface area contributed by atoms with Crippen LogP contribution in [0.3, 0.4) is 0 Å². The van der Waals surface area contributed by atoms with Crippen LogP contribution in [0.25, 0.3) is 0 Å². The number of rotatable bonds is 1. The minimum Gasteiger partial charge on any atom is -0.454 e. The monoisotopic (exact) mass is 406 g/mol. The molecule has 0 bridgehead atoms. The van der Waals surface area contributed by atoms with E-state index in [9.17, 15) is 18.0 Å². The first kappa shape index (κ1) is 18.0. The Balaban J connectivity index is 1.70. The molecule has 1 N–H and O–H groups in total. The maximum absolute atomic E-state index is 13.3. The number of alkyl halides is 3. The smallest absolute Gasteiger partial charge is 0.453 e. The van der Waals surface area contributed by atoms with Gasteiger partial charge in [0.2, 0.25) is 12.7 Å². The van der Waals surface area contributed by atoms with Crippen molar-refractivity contribution in [2.24, 2.45) is 5.41 Å². The number of fused-ring (bicyclic) bond motifs is 2. The van der Waals surface area contributed by atoms with Crippen molar-refractivity contribution in [2.45, 2.75) is 38.9 Å². The van der Waals surface area contributed by atoms with Crippen LogP contribution in [0.15, 0.2) is 29.5 Å². The fourth-order valence-electron chi connectivity index (χ4n) is 4.12. The van der Waals surface area contributed by atoms with Gasteiger partial charge in [-0.3, -0.25) is 4.79 Å². The van der Waals surface area contributed by atoms with Crippen LogP contribution >= 0.6 is 0 Å². The third-order valence-corrected chi connectivity index (χ3v) is 5.30. The minimum atomic E-state index is -4.70. The standard InChI is InChI=1S/C19H17F3N4O3/c1-18(2)6-10-14(11(27)7-18)15(9-3-4-12-13(5-9)29-8-28-12)26-17(23-10)24-16(25-26)19(20,21)22/h3-5,15H,6-8H2,1-2H3,(H,23,24,25). The molecule has 1 aliphatic carbocycles. The topological polar surface area (TPSA) is 78.3 Å². The number of nitrogens with zero attached hydrogens (tertiary/aromatic N) is 3. The second-order valence-corrected chi connectivity index (χ2v) is 8.17. The average Bonchev–Trinajstić information content (AvgIpc) is 3.24. The second kappa shape index (κ2) is 5.74. The molecule has 1 aromatic carbocycles. The van der Waals surface area contributed by atoms with Crippen molar-refractivity contribution >= 4 is 11.7 Å². The van der Waals surface area contributed by atoms with E-state index in [-0.39, 0.29) is 23.9 Å². The van der Waals surface area contributed by atoms with E-state index >= 15 is 0 Å². The second-order valence-electron chi connectivity index (χ2n) is 8.17. The molecule has 3 aliphatic rings. The Morgan fingerprint density at radius 1 is 1.21 bits per heavy atom. The molecule has 0 saturated carbocycles. The van der Waals surface area contributed by atoms with E-state index < -0.39 is 18.0 Å². The van der Waals surface area contributed by atoms with Crippen molar-refractivity contribution in [3.8, 4) is 11.5 Å². The Bertz CT molecular complexity index is 1070. The Kier molecular flexibility index (Phi) is 3.57. The van der Waals surface area contributed by atoms with Crippen LogP contribution in [0.4, 0.5) is 19.1 Å². The predicted octanol–water partition coefficient (Wildman–Crippen LogP) is 3.68. The highest BCUT2D eigenvalue weighted by molar-refractivity contribution is 6.00. The summed E-state index contributed by atoms with van der Waals surface area (Å²) in [6, 6.07) is 4.23. The van der Waals surface area contributed by atoms with E-state index in [4.69, 9.17) is 9.47 Å². The maximum Gasteiger partial charge on any atom is 0.453 e. The molecule has 0 radical (unpaired) electrons. The van der Waals surface area contributed by atoms with Crippen LogP contribution in [-0.4, -0.2) is 27.3 Å². The number of ketones is 1. The largest absolute Gasteiger partial charge is 0.454 e. The van der Waals surface area contributed by atoms with Gasteiger partial charge in [-0.15, -0.1) is 5.10 Å². The van der Waals surface area contributed by atoms with Crippen LogP contribution in [0, 0.1) is 5.41 Å². The molecule has 0 saturated heterocycles. The summed E-state index contributed by atoms with van der Waals surface area (Å²) in [6.45, 7) is 3.97. The summed E-state index contributed by atoms with van der Waals surface area (Å²) < 4.78 is 51.7. The van der Waals surface area contributed by atoms with Crippen molar-refractivity contribution in [1.82, 2.24) is 14.8 Å². The van der Waals surface area contributed by atoms with Gasteiger partial charge >= 0.3 is 6.18 Å². The first-order valence-corrected chi connectivity index (χ1v) is 9.09. The highest BCUT2D eigenvalue weighted by Crippen LogP contribution is 2.47. The van der Waals surface area contributed by atoms with Gasteiger partial charge in [0.05, 0.1) is 0 Å².